The summed E-state index contributed by atoms with van der Waals surface area (Å²) in [7, 11) is 4.78. The fourth-order valence-corrected chi connectivity index (χ4v) is 4.06. The van der Waals surface area contributed by atoms with Gasteiger partial charge < -0.3 is 24.3 Å². The molecule has 0 aliphatic carbocycles. The van der Waals surface area contributed by atoms with E-state index >= 15 is 0 Å². The Hall–Kier alpha value is -4.78. The van der Waals surface area contributed by atoms with Gasteiger partial charge in [-0.15, -0.1) is 0 Å². The molecule has 180 valence electrons. The van der Waals surface area contributed by atoms with E-state index in [0.29, 0.717) is 34.2 Å². The van der Waals surface area contributed by atoms with Crippen LogP contribution in [0, 0.1) is 0 Å². The third-order valence-corrected chi connectivity index (χ3v) is 5.88. The topological polar surface area (TPSA) is 78.9 Å². The number of anilines is 1. The molecule has 0 saturated heterocycles. The molecule has 7 heteroatoms. The highest BCUT2D eigenvalue weighted by Gasteiger charge is 2.14. The zero-order valence-electron chi connectivity index (χ0n) is 20.1. The van der Waals surface area contributed by atoms with Crippen molar-refractivity contribution in [1.82, 2.24) is 4.98 Å². The molecule has 1 aromatic heterocycles. The number of pyridine rings is 1. The number of aromatic nitrogens is 1. The minimum Gasteiger partial charge on any atom is -0.497 e. The number of ether oxygens (including phenoxy) is 4. The summed E-state index contributed by atoms with van der Waals surface area (Å²) >= 11 is 0. The van der Waals surface area contributed by atoms with E-state index in [0.717, 1.165) is 27.4 Å². The lowest BCUT2D eigenvalue weighted by Gasteiger charge is -2.13. The van der Waals surface area contributed by atoms with Crippen molar-refractivity contribution in [3.05, 3.63) is 90.6 Å². The first-order valence-corrected chi connectivity index (χ1v) is 11.3. The van der Waals surface area contributed by atoms with Gasteiger partial charge in [-0.1, -0.05) is 12.1 Å². The van der Waals surface area contributed by atoms with Crippen molar-refractivity contribution in [3.8, 4) is 28.7 Å². The normalized spacial score (nSPS) is 10.8. The highest BCUT2D eigenvalue weighted by Crippen LogP contribution is 2.37. The number of benzene rings is 4. The van der Waals surface area contributed by atoms with Crippen LogP contribution in [0.25, 0.3) is 21.7 Å². The Morgan fingerprint density at radius 2 is 1.47 bits per heavy atom. The Labute approximate surface area is 208 Å². The Balaban J connectivity index is 1.44. The molecular formula is C29H24N2O5. The number of fused-ring (bicyclic) bond motifs is 2. The molecule has 0 radical (unpaired) electrons. The Morgan fingerprint density at radius 1 is 0.722 bits per heavy atom. The van der Waals surface area contributed by atoms with Gasteiger partial charge in [0.15, 0.2) is 11.5 Å². The van der Waals surface area contributed by atoms with Crippen LogP contribution in [-0.2, 0) is 0 Å². The summed E-state index contributed by atoms with van der Waals surface area (Å²) in [4.78, 5) is 17.4. The quantitative estimate of drug-likeness (QED) is 0.288. The summed E-state index contributed by atoms with van der Waals surface area (Å²) in [5.41, 5.74) is 1.99. The number of methoxy groups -OCH3 is 3. The maximum atomic E-state index is 13.0. The van der Waals surface area contributed by atoms with Crippen molar-refractivity contribution >= 4 is 33.3 Å². The van der Waals surface area contributed by atoms with Crippen LogP contribution in [0.2, 0.25) is 0 Å². The third kappa shape index (κ3) is 4.46. The number of carbonyl (C=O) groups excluding carboxylic acids is 1. The molecule has 1 heterocycles. The summed E-state index contributed by atoms with van der Waals surface area (Å²) in [6.07, 6.45) is 1.69. The summed E-state index contributed by atoms with van der Waals surface area (Å²) in [6, 6.07) is 23.9. The SMILES string of the molecule is COc1ccc(NC(=O)c2cccc3cc(Oc4ccnc5cc(OC)c(OC)cc45)ccc23)cc1. The lowest BCUT2D eigenvalue weighted by molar-refractivity contribution is 0.102. The van der Waals surface area contributed by atoms with Crippen molar-refractivity contribution in [3.63, 3.8) is 0 Å². The molecule has 4 aromatic carbocycles. The van der Waals surface area contributed by atoms with Gasteiger partial charge in [-0.3, -0.25) is 9.78 Å². The molecule has 5 aromatic rings. The summed E-state index contributed by atoms with van der Waals surface area (Å²) in [5, 5.41) is 5.44. The van der Waals surface area contributed by atoms with E-state index in [1.165, 1.54) is 0 Å². The largest absolute Gasteiger partial charge is 0.497 e. The van der Waals surface area contributed by atoms with Gasteiger partial charge in [0, 0.05) is 28.9 Å². The zero-order valence-corrected chi connectivity index (χ0v) is 20.1. The molecule has 36 heavy (non-hydrogen) atoms. The van der Waals surface area contributed by atoms with Crippen LogP contribution in [0.3, 0.4) is 0 Å². The Bertz CT molecular complexity index is 1560. The van der Waals surface area contributed by atoms with Crippen molar-refractivity contribution in [2.24, 2.45) is 0 Å². The second-order valence-corrected chi connectivity index (χ2v) is 8.01. The van der Waals surface area contributed by atoms with Gasteiger partial charge in [0.05, 0.1) is 26.8 Å². The number of hydrogen-bond acceptors (Lipinski definition) is 6. The van der Waals surface area contributed by atoms with Gasteiger partial charge in [-0.25, -0.2) is 0 Å². The molecule has 0 fully saturated rings. The number of amides is 1. The van der Waals surface area contributed by atoms with E-state index < -0.39 is 0 Å². The number of rotatable bonds is 7. The third-order valence-electron chi connectivity index (χ3n) is 5.88. The van der Waals surface area contributed by atoms with E-state index in [4.69, 9.17) is 18.9 Å². The fourth-order valence-electron chi connectivity index (χ4n) is 4.06. The van der Waals surface area contributed by atoms with E-state index in [1.807, 2.05) is 42.5 Å². The average molecular weight is 481 g/mol. The monoisotopic (exact) mass is 480 g/mol. The molecule has 1 amide bonds. The molecular weight excluding hydrogens is 456 g/mol. The van der Waals surface area contributed by atoms with Crippen LogP contribution < -0.4 is 24.3 Å². The lowest BCUT2D eigenvalue weighted by atomic mass is 10.0. The molecule has 0 unspecified atom stereocenters. The number of hydrogen-bond donors (Lipinski definition) is 1. The van der Waals surface area contributed by atoms with Crippen LogP contribution >= 0.6 is 0 Å². The van der Waals surface area contributed by atoms with E-state index in [-0.39, 0.29) is 5.91 Å². The molecule has 0 aliphatic heterocycles. The summed E-state index contributed by atoms with van der Waals surface area (Å²) in [6.45, 7) is 0. The number of nitrogens with zero attached hydrogens (tertiary/aromatic N) is 1. The number of nitrogens with one attached hydrogen (secondary N) is 1. The van der Waals surface area contributed by atoms with Crippen LogP contribution in [-0.4, -0.2) is 32.2 Å². The first-order valence-electron chi connectivity index (χ1n) is 11.3. The van der Waals surface area contributed by atoms with Crippen molar-refractivity contribution in [1.29, 1.82) is 0 Å². The van der Waals surface area contributed by atoms with Gasteiger partial charge in [0.25, 0.3) is 5.91 Å². The molecule has 0 saturated carbocycles. The maximum Gasteiger partial charge on any atom is 0.256 e. The predicted molar refractivity (Wildman–Crippen MR) is 140 cm³/mol. The van der Waals surface area contributed by atoms with Gasteiger partial charge in [0.2, 0.25) is 0 Å². The van der Waals surface area contributed by atoms with E-state index in [2.05, 4.69) is 10.3 Å². The smallest absolute Gasteiger partial charge is 0.256 e. The zero-order chi connectivity index (χ0) is 25.1. The van der Waals surface area contributed by atoms with Gasteiger partial charge >= 0.3 is 0 Å². The van der Waals surface area contributed by atoms with E-state index in [9.17, 15) is 4.79 Å². The number of carbonyl (C=O) groups is 1. The minimum absolute atomic E-state index is 0.194. The second-order valence-electron chi connectivity index (χ2n) is 8.01. The van der Waals surface area contributed by atoms with Gasteiger partial charge in [0.1, 0.15) is 17.2 Å². The molecule has 0 bridgehead atoms. The maximum absolute atomic E-state index is 13.0. The van der Waals surface area contributed by atoms with Crippen molar-refractivity contribution in [2.45, 2.75) is 0 Å². The first-order chi connectivity index (χ1) is 17.6. The first kappa shape index (κ1) is 23.0. The van der Waals surface area contributed by atoms with Crippen LogP contribution in [0.5, 0.6) is 28.7 Å². The van der Waals surface area contributed by atoms with Crippen molar-refractivity contribution < 1.29 is 23.7 Å². The average Bonchev–Trinajstić information content (AvgIpc) is 2.92. The Kier molecular flexibility index (Phi) is 6.28. The highest BCUT2D eigenvalue weighted by molar-refractivity contribution is 6.13. The molecule has 1 N–H and O–H groups in total. The van der Waals surface area contributed by atoms with Crippen LogP contribution in [0.1, 0.15) is 10.4 Å². The minimum atomic E-state index is -0.194. The van der Waals surface area contributed by atoms with E-state index in [1.54, 1.807) is 63.9 Å². The predicted octanol–water partition coefficient (Wildman–Crippen LogP) is 6.46. The standard InChI is InChI=1S/C29H24N2O5/c1-33-20-9-7-19(8-10-20)31-29(32)23-6-4-5-18-15-21(11-12-22(18)23)36-26-13-14-30-25-17-28(35-3)27(34-2)16-24(25)26/h4-17H,1-3H3,(H,31,32). The molecule has 5 rings (SSSR count). The van der Waals surface area contributed by atoms with Crippen molar-refractivity contribution in [2.75, 3.05) is 26.6 Å². The lowest BCUT2D eigenvalue weighted by Crippen LogP contribution is -2.12. The Morgan fingerprint density at radius 3 is 2.22 bits per heavy atom. The summed E-state index contributed by atoms with van der Waals surface area (Å²) < 4.78 is 22.2. The van der Waals surface area contributed by atoms with Gasteiger partial charge in [-0.05, 0) is 71.4 Å². The molecule has 7 nitrogen and oxygen atoms in total. The fraction of sp³-hybridized carbons (Fsp3) is 0.103. The second kappa shape index (κ2) is 9.84. The van der Waals surface area contributed by atoms with Crippen LogP contribution in [0.15, 0.2) is 85.1 Å². The summed E-state index contributed by atoms with van der Waals surface area (Å²) in [5.74, 6) is 2.99. The molecule has 0 aliphatic rings. The van der Waals surface area contributed by atoms with Crippen LogP contribution in [0.4, 0.5) is 5.69 Å². The highest BCUT2D eigenvalue weighted by atomic mass is 16.5. The van der Waals surface area contributed by atoms with Gasteiger partial charge in [-0.2, -0.15) is 0 Å². The molecule has 0 spiro atoms. The molecule has 0 atom stereocenters.